The number of aliphatic hydroxyl groups excluding tert-OH is 3. The molecule has 6 N–H and O–H groups in total. The fraction of sp³-hybridized carbons (Fsp3) is 0.375. The summed E-state index contributed by atoms with van der Waals surface area (Å²) in [4.78, 5) is 22.5. The molecule has 0 bridgehead atoms. The molecule has 0 saturated carbocycles. The SMILES string of the molecule is COc1ccc2c(c1OC)OC1c3c(cc(OC4OC(COC(=O)CC(=O)O)C(O)C(O)C4O)cc3-c3ccc(NO)cc3)OCC21. The third-order valence-electron chi connectivity index (χ3n) is 8.31. The molecule has 3 aromatic carbocycles. The number of anilines is 1. The lowest BCUT2D eigenvalue weighted by molar-refractivity contribution is -0.278. The predicted molar refractivity (Wildman–Crippen MR) is 159 cm³/mol. The minimum atomic E-state index is -1.75. The van der Waals surface area contributed by atoms with Gasteiger partial charge in [-0.25, -0.2) is 0 Å². The first-order valence-electron chi connectivity index (χ1n) is 14.6. The number of aliphatic hydroxyl groups is 3. The van der Waals surface area contributed by atoms with Crippen LogP contribution in [-0.4, -0.2) is 95.7 Å². The number of methoxy groups -OCH3 is 2. The van der Waals surface area contributed by atoms with Crippen molar-refractivity contribution in [1.29, 1.82) is 0 Å². The summed E-state index contributed by atoms with van der Waals surface area (Å²) in [5, 5.41) is 49.9. The number of fused-ring (bicyclic) bond motifs is 5. The summed E-state index contributed by atoms with van der Waals surface area (Å²) in [5.74, 6) is -0.616. The number of ether oxygens (including phenoxy) is 7. The van der Waals surface area contributed by atoms with Gasteiger partial charge in [0.2, 0.25) is 12.0 Å². The van der Waals surface area contributed by atoms with Gasteiger partial charge < -0.3 is 53.6 Å². The maximum Gasteiger partial charge on any atom is 0.317 e. The standard InChI is InChI=1S/C32H33NO14/c1-41-20-8-7-17-19-12-43-21-10-16(45-32-28(39)27(38)26(37)22(46-32)13-44-24(36)11-23(34)35)9-18(14-3-5-15(33-40)6-4-14)25(21)29(19)47-30(17)31(20)42-2/h3-10,19,22,26-29,32-33,37-40H,11-13H2,1-2H3,(H,34,35). The summed E-state index contributed by atoms with van der Waals surface area (Å²) in [6.07, 6.45) is -9.43. The Hall–Kier alpha value is -4.80. The number of hydrogen-bond donors (Lipinski definition) is 6. The van der Waals surface area contributed by atoms with Crippen molar-refractivity contribution in [3.8, 4) is 39.9 Å². The van der Waals surface area contributed by atoms with E-state index in [1.54, 1.807) is 42.5 Å². The lowest BCUT2D eigenvalue weighted by Gasteiger charge is -2.40. The van der Waals surface area contributed by atoms with Gasteiger partial charge >= 0.3 is 11.9 Å². The van der Waals surface area contributed by atoms with Crippen molar-refractivity contribution < 1.29 is 68.4 Å². The second kappa shape index (κ2) is 13.1. The Morgan fingerprint density at radius 3 is 2.43 bits per heavy atom. The van der Waals surface area contributed by atoms with Crippen LogP contribution < -0.4 is 29.2 Å². The first-order chi connectivity index (χ1) is 22.6. The van der Waals surface area contributed by atoms with E-state index in [0.717, 1.165) is 5.56 Å². The van der Waals surface area contributed by atoms with Crippen molar-refractivity contribution in [2.24, 2.45) is 0 Å². The third kappa shape index (κ3) is 6.06. The van der Waals surface area contributed by atoms with E-state index in [9.17, 15) is 30.1 Å². The number of nitrogens with one attached hydrogen (secondary N) is 1. The molecule has 3 aromatic rings. The van der Waals surface area contributed by atoms with Crippen molar-refractivity contribution in [3.05, 3.63) is 59.7 Å². The van der Waals surface area contributed by atoms with Gasteiger partial charge in [0.1, 0.15) is 55.0 Å². The lowest BCUT2D eigenvalue weighted by Crippen LogP contribution is -2.60. The van der Waals surface area contributed by atoms with E-state index < -0.39 is 61.8 Å². The Morgan fingerprint density at radius 2 is 1.74 bits per heavy atom. The van der Waals surface area contributed by atoms with E-state index in [4.69, 9.17) is 38.3 Å². The molecule has 1 fully saturated rings. The molecule has 0 aromatic heterocycles. The quantitative estimate of drug-likeness (QED) is 0.105. The summed E-state index contributed by atoms with van der Waals surface area (Å²) in [6.45, 7) is -0.358. The molecule has 7 unspecified atom stereocenters. The average Bonchev–Trinajstić information content (AvgIpc) is 3.45. The van der Waals surface area contributed by atoms with Gasteiger partial charge in [0.15, 0.2) is 11.5 Å². The monoisotopic (exact) mass is 655 g/mol. The molecule has 3 aliphatic heterocycles. The minimum Gasteiger partial charge on any atom is -0.493 e. The number of carboxylic acids is 1. The molecule has 15 nitrogen and oxygen atoms in total. The van der Waals surface area contributed by atoms with Crippen LogP contribution in [0, 0.1) is 0 Å². The number of esters is 1. The summed E-state index contributed by atoms with van der Waals surface area (Å²) >= 11 is 0. The van der Waals surface area contributed by atoms with Crippen LogP contribution in [0.15, 0.2) is 48.5 Å². The van der Waals surface area contributed by atoms with Crippen LogP contribution in [0.25, 0.3) is 11.1 Å². The van der Waals surface area contributed by atoms with Crippen LogP contribution in [0.1, 0.15) is 29.6 Å². The number of carbonyl (C=O) groups is 2. The van der Waals surface area contributed by atoms with Crippen LogP contribution in [-0.2, 0) is 19.1 Å². The largest absolute Gasteiger partial charge is 0.493 e. The van der Waals surface area contributed by atoms with E-state index in [2.05, 4.69) is 5.48 Å². The van der Waals surface area contributed by atoms with Crippen molar-refractivity contribution >= 4 is 17.6 Å². The molecule has 250 valence electrons. The van der Waals surface area contributed by atoms with Crippen molar-refractivity contribution in [1.82, 2.24) is 0 Å². The van der Waals surface area contributed by atoms with Gasteiger partial charge in [-0.1, -0.05) is 18.2 Å². The minimum absolute atomic E-state index is 0.158. The van der Waals surface area contributed by atoms with Crippen molar-refractivity contribution in [3.63, 3.8) is 0 Å². The maximum atomic E-state index is 11.8. The first kappa shape index (κ1) is 32.2. The van der Waals surface area contributed by atoms with E-state index in [1.807, 2.05) is 6.07 Å². The Labute approximate surface area is 267 Å². The maximum absolute atomic E-state index is 11.8. The lowest BCUT2D eigenvalue weighted by atomic mass is 9.85. The summed E-state index contributed by atoms with van der Waals surface area (Å²) in [5.41, 5.74) is 5.45. The number of hydrogen-bond acceptors (Lipinski definition) is 14. The summed E-state index contributed by atoms with van der Waals surface area (Å²) in [6, 6.07) is 13.8. The normalized spacial score (nSPS) is 25.6. The molecule has 15 heteroatoms. The smallest absolute Gasteiger partial charge is 0.317 e. The number of aliphatic carboxylic acids is 1. The Balaban J connectivity index is 1.34. The second-order valence-electron chi connectivity index (χ2n) is 11.1. The molecule has 3 heterocycles. The molecule has 47 heavy (non-hydrogen) atoms. The van der Waals surface area contributed by atoms with Gasteiger partial charge in [-0.05, 0) is 35.4 Å². The van der Waals surface area contributed by atoms with Crippen LogP contribution >= 0.6 is 0 Å². The highest BCUT2D eigenvalue weighted by Crippen LogP contribution is 2.58. The molecule has 1 saturated heterocycles. The van der Waals surface area contributed by atoms with Crippen LogP contribution in [0.3, 0.4) is 0 Å². The number of benzene rings is 3. The topological polar surface area (TPSA) is 212 Å². The van der Waals surface area contributed by atoms with E-state index >= 15 is 0 Å². The van der Waals surface area contributed by atoms with Crippen LogP contribution in [0.5, 0.6) is 28.7 Å². The molecule has 0 radical (unpaired) electrons. The van der Waals surface area contributed by atoms with E-state index in [0.29, 0.717) is 45.4 Å². The molecule has 3 aliphatic rings. The molecular weight excluding hydrogens is 622 g/mol. The number of carbonyl (C=O) groups excluding carboxylic acids is 1. The predicted octanol–water partition coefficient (Wildman–Crippen LogP) is 1.99. The van der Waals surface area contributed by atoms with Crippen molar-refractivity contribution in [2.45, 2.75) is 49.1 Å². The Kier molecular flexibility index (Phi) is 8.98. The van der Waals surface area contributed by atoms with Crippen LogP contribution in [0.4, 0.5) is 5.69 Å². The van der Waals surface area contributed by atoms with Gasteiger partial charge in [-0.15, -0.1) is 0 Å². The molecule has 6 rings (SSSR count). The zero-order chi connectivity index (χ0) is 33.4. The van der Waals surface area contributed by atoms with Gasteiger partial charge in [0, 0.05) is 17.2 Å². The van der Waals surface area contributed by atoms with Gasteiger partial charge in [0.25, 0.3) is 0 Å². The highest BCUT2D eigenvalue weighted by molar-refractivity contribution is 5.90. The summed E-state index contributed by atoms with van der Waals surface area (Å²) in [7, 11) is 3.07. The van der Waals surface area contributed by atoms with Gasteiger partial charge in [-0.2, -0.15) is 0 Å². The zero-order valence-electron chi connectivity index (χ0n) is 25.2. The zero-order valence-corrected chi connectivity index (χ0v) is 25.2. The summed E-state index contributed by atoms with van der Waals surface area (Å²) < 4.78 is 40.5. The number of carboxylic acid groups (broad SMARTS) is 1. The van der Waals surface area contributed by atoms with Gasteiger partial charge in [-0.3, -0.25) is 20.3 Å². The Morgan fingerprint density at radius 1 is 0.979 bits per heavy atom. The molecule has 7 atom stereocenters. The molecular formula is C32H33NO14. The van der Waals surface area contributed by atoms with E-state index in [1.165, 1.54) is 14.2 Å². The molecule has 0 spiro atoms. The molecule has 0 aliphatic carbocycles. The van der Waals surface area contributed by atoms with Gasteiger partial charge in [0.05, 0.1) is 32.4 Å². The second-order valence-corrected chi connectivity index (χ2v) is 11.1. The van der Waals surface area contributed by atoms with Crippen LogP contribution in [0.2, 0.25) is 0 Å². The van der Waals surface area contributed by atoms with Crippen molar-refractivity contribution in [2.75, 3.05) is 32.9 Å². The highest BCUT2D eigenvalue weighted by Gasteiger charge is 2.47. The Bertz CT molecular complexity index is 1650. The fourth-order valence-corrected chi connectivity index (χ4v) is 6.00. The number of rotatable bonds is 10. The van der Waals surface area contributed by atoms with E-state index in [-0.39, 0.29) is 18.3 Å². The first-order valence-corrected chi connectivity index (χ1v) is 14.6. The highest BCUT2D eigenvalue weighted by atomic mass is 16.7. The average molecular weight is 656 g/mol. The third-order valence-corrected chi connectivity index (χ3v) is 8.31. The molecule has 0 amide bonds. The fourth-order valence-electron chi connectivity index (χ4n) is 6.00.